The molecule has 0 aromatic carbocycles. The van der Waals surface area contributed by atoms with E-state index in [1.54, 1.807) is 0 Å². The molecule has 1 fully saturated rings. The number of carbonyl (C=O) groups excluding carboxylic acids is 1. The molecule has 1 aliphatic carbocycles. The Labute approximate surface area is 110 Å². The average Bonchev–Trinajstić information content (AvgIpc) is 2.35. The van der Waals surface area contributed by atoms with Gasteiger partial charge in [0.1, 0.15) is 4.83 Å². The van der Waals surface area contributed by atoms with Crippen molar-refractivity contribution in [2.24, 2.45) is 0 Å². The van der Waals surface area contributed by atoms with E-state index in [1.165, 1.54) is 32.8 Å². The molecule has 5 heteroatoms. The van der Waals surface area contributed by atoms with Crippen LogP contribution in [-0.4, -0.2) is 42.0 Å². The van der Waals surface area contributed by atoms with Gasteiger partial charge in [-0.3, -0.25) is 4.79 Å². The second-order valence-electron chi connectivity index (χ2n) is 4.06. The van der Waals surface area contributed by atoms with Crippen LogP contribution in [0.25, 0.3) is 0 Å². The summed E-state index contributed by atoms with van der Waals surface area (Å²) >= 11 is 5.25. The number of carbonyl (C=O) groups is 1. The van der Waals surface area contributed by atoms with E-state index in [9.17, 15) is 4.79 Å². The van der Waals surface area contributed by atoms with E-state index >= 15 is 0 Å². The molecule has 1 N–H and O–H groups in total. The van der Waals surface area contributed by atoms with Crippen LogP contribution in [0, 0.1) is 0 Å². The van der Waals surface area contributed by atoms with Crippen molar-refractivity contribution in [2.45, 2.75) is 41.8 Å². The minimum Gasteiger partial charge on any atom is -0.468 e. The molecule has 0 amide bonds. The van der Waals surface area contributed by atoms with Crippen LogP contribution < -0.4 is 5.32 Å². The van der Waals surface area contributed by atoms with E-state index in [0.717, 1.165) is 0 Å². The molecule has 0 bridgehead atoms. The highest BCUT2D eigenvalue weighted by molar-refractivity contribution is 9.10. The second-order valence-corrected chi connectivity index (χ2v) is 6.25. The molecule has 3 atom stereocenters. The van der Waals surface area contributed by atoms with Gasteiger partial charge in [-0.25, -0.2) is 0 Å². The number of alkyl halides is 1. The van der Waals surface area contributed by atoms with Gasteiger partial charge in [0.15, 0.2) is 0 Å². The first-order valence-electron chi connectivity index (χ1n) is 5.67. The molecule has 1 aliphatic rings. The summed E-state index contributed by atoms with van der Waals surface area (Å²) in [5.74, 6) is -0.205. The van der Waals surface area contributed by atoms with Crippen LogP contribution in [0.5, 0.6) is 0 Å². The third-order valence-corrected chi connectivity index (χ3v) is 4.89. The van der Waals surface area contributed by atoms with Crippen LogP contribution >= 0.6 is 27.7 Å². The molecule has 0 heterocycles. The first-order valence-corrected chi connectivity index (χ1v) is 7.87. The number of halogens is 1. The van der Waals surface area contributed by atoms with Crippen LogP contribution in [0.3, 0.4) is 0 Å². The van der Waals surface area contributed by atoms with Crippen LogP contribution in [0.15, 0.2) is 0 Å². The van der Waals surface area contributed by atoms with Gasteiger partial charge >= 0.3 is 5.97 Å². The first kappa shape index (κ1) is 14.3. The fraction of sp³-hybridized carbons (Fsp3) is 0.909. The summed E-state index contributed by atoms with van der Waals surface area (Å²) in [4.78, 5) is 11.0. The van der Waals surface area contributed by atoms with Crippen LogP contribution in [-0.2, 0) is 9.53 Å². The number of hydrogen-bond donors (Lipinski definition) is 1. The van der Waals surface area contributed by atoms with Gasteiger partial charge in [0.2, 0.25) is 0 Å². The summed E-state index contributed by atoms with van der Waals surface area (Å²) in [5, 5.41) is 4.16. The largest absolute Gasteiger partial charge is 0.468 e. The quantitative estimate of drug-likeness (QED) is 0.624. The van der Waals surface area contributed by atoms with Gasteiger partial charge in [0.25, 0.3) is 0 Å². The highest BCUT2D eigenvalue weighted by atomic mass is 79.9. The molecule has 94 valence electrons. The fourth-order valence-corrected chi connectivity index (χ4v) is 3.42. The summed E-state index contributed by atoms with van der Waals surface area (Å²) in [6.45, 7) is 0.647. The van der Waals surface area contributed by atoms with Crippen molar-refractivity contribution in [3.05, 3.63) is 0 Å². The van der Waals surface area contributed by atoms with Gasteiger partial charge in [-0.15, -0.1) is 0 Å². The third kappa shape index (κ3) is 4.26. The Kier molecular flexibility index (Phi) is 6.77. The zero-order chi connectivity index (χ0) is 12.0. The van der Waals surface area contributed by atoms with E-state index in [-0.39, 0.29) is 10.8 Å². The lowest BCUT2D eigenvalue weighted by molar-refractivity contribution is -0.139. The lowest BCUT2D eigenvalue weighted by Gasteiger charge is -2.31. The number of rotatable bonds is 5. The minimum atomic E-state index is -0.234. The Morgan fingerprint density at radius 3 is 2.88 bits per heavy atom. The Balaban J connectivity index is 2.32. The lowest BCUT2D eigenvalue weighted by atomic mass is 9.95. The number of methoxy groups -OCH3 is 1. The Bertz CT molecular complexity index is 228. The number of esters is 1. The SMILES string of the molecule is COC(=O)C(Br)CNC1CCCCC1SC. The Morgan fingerprint density at radius 1 is 1.56 bits per heavy atom. The van der Waals surface area contributed by atoms with E-state index in [4.69, 9.17) is 0 Å². The van der Waals surface area contributed by atoms with Crippen molar-refractivity contribution in [3.63, 3.8) is 0 Å². The smallest absolute Gasteiger partial charge is 0.320 e. The topological polar surface area (TPSA) is 38.3 Å². The Morgan fingerprint density at radius 2 is 2.25 bits per heavy atom. The van der Waals surface area contributed by atoms with Crippen molar-refractivity contribution >= 4 is 33.7 Å². The maximum absolute atomic E-state index is 11.2. The molecule has 0 spiro atoms. The maximum Gasteiger partial charge on any atom is 0.320 e. The normalized spacial score (nSPS) is 27.4. The third-order valence-electron chi connectivity index (χ3n) is 3.02. The summed E-state index contributed by atoms with van der Waals surface area (Å²) in [5.41, 5.74) is 0. The van der Waals surface area contributed by atoms with Crippen molar-refractivity contribution in [1.29, 1.82) is 0 Å². The van der Waals surface area contributed by atoms with Crippen LogP contribution in [0.1, 0.15) is 25.7 Å². The van der Waals surface area contributed by atoms with Crippen molar-refractivity contribution in [1.82, 2.24) is 5.32 Å². The summed E-state index contributed by atoms with van der Waals surface area (Å²) in [6, 6.07) is 0.536. The molecule has 0 aliphatic heterocycles. The van der Waals surface area contributed by atoms with E-state index in [1.807, 2.05) is 11.8 Å². The molecular formula is C11H20BrNO2S. The zero-order valence-corrected chi connectivity index (χ0v) is 12.3. The predicted octanol–water partition coefficient (Wildman–Crippen LogP) is 2.19. The Hall–Kier alpha value is 0.260. The van der Waals surface area contributed by atoms with Gasteiger partial charge in [-0.2, -0.15) is 11.8 Å². The van der Waals surface area contributed by atoms with Crippen LogP contribution in [0.2, 0.25) is 0 Å². The highest BCUT2D eigenvalue weighted by Crippen LogP contribution is 2.27. The molecule has 0 radical (unpaired) electrons. The van der Waals surface area contributed by atoms with Crippen molar-refractivity contribution < 1.29 is 9.53 Å². The number of thioether (sulfide) groups is 1. The minimum absolute atomic E-state index is 0.205. The zero-order valence-electron chi connectivity index (χ0n) is 9.87. The predicted molar refractivity (Wildman–Crippen MR) is 72.3 cm³/mol. The fourth-order valence-electron chi connectivity index (χ4n) is 2.08. The lowest BCUT2D eigenvalue weighted by Crippen LogP contribution is -2.44. The number of hydrogen-bond acceptors (Lipinski definition) is 4. The molecule has 16 heavy (non-hydrogen) atoms. The van der Waals surface area contributed by atoms with Crippen LogP contribution in [0.4, 0.5) is 0 Å². The molecule has 0 saturated heterocycles. The van der Waals surface area contributed by atoms with Crippen molar-refractivity contribution in [2.75, 3.05) is 19.9 Å². The van der Waals surface area contributed by atoms with Gasteiger partial charge in [0.05, 0.1) is 7.11 Å². The maximum atomic E-state index is 11.2. The van der Waals surface area contributed by atoms with Gasteiger partial charge < -0.3 is 10.1 Å². The van der Waals surface area contributed by atoms with Crippen molar-refractivity contribution in [3.8, 4) is 0 Å². The first-order chi connectivity index (χ1) is 7.69. The average molecular weight is 310 g/mol. The molecule has 0 aromatic rings. The van der Waals surface area contributed by atoms with Gasteiger partial charge in [-0.1, -0.05) is 28.8 Å². The summed E-state index contributed by atoms with van der Waals surface area (Å²) < 4.78 is 4.67. The molecule has 3 nitrogen and oxygen atoms in total. The number of nitrogens with one attached hydrogen (secondary N) is 1. The molecule has 0 aromatic heterocycles. The van der Waals surface area contributed by atoms with E-state index in [0.29, 0.717) is 17.8 Å². The van der Waals surface area contributed by atoms with Gasteiger partial charge in [-0.05, 0) is 19.1 Å². The van der Waals surface area contributed by atoms with Gasteiger partial charge in [0, 0.05) is 17.8 Å². The van der Waals surface area contributed by atoms with E-state index in [2.05, 4.69) is 32.2 Å². The molecular weight excluding hydrogens is 290 g/mol. The standard InChI is InChI=1S/C11H20BrNO2S/c1-15-11(14)8(12)7-13-9-5-3-4-6-10(9)16-2/h8-10,13H,3-7H2,1-2H3. The molecule has 1 saturated carbocycles. The highest BCUT2D eigenvalue weighted by Gasteiger charge is 2.25. The summed E-state index contributed by atoms with van der Waals surface area (Å²) in [6.07, 6.45) is 7.28. The summed E-state index contributed by atoms with van der Waals surface area (Å²) in [7, 11) is 1.42. The van der Waals surface area contributed by atoms with E-state index < -0.39 is 0 Å². The molecule has 3 unspecified atom stereocenters. The second kappa shape index (κ2) is 7.56. The molecule has 1 rings (SSSR count). The number of ether oxygens (including phenoxy) is 1. The monoisotopic (exact) mass is 309 g/mol.